The highest BCUT2D eigenvalue weighted by Gasteiger charge is 2.27. The van der Waals surface area contributed by atoms with Gasteiger partial charge in [-0.1, -0.05) is 11.6 Å². The number of aromatic nitrogens is 2. The summed E-state index contributed by atoms with van der Waals surface area (Å²) in [6.45, 7) is -0.267. The van der Waals surface area contributed by atoms with E-state index in [-0.39, 0.29) is 29.7 Å². The molecular weight excluding hydrogens is 420 g/mol. The van der Waals surface area contributed by atoms with E-state index in [0.717, 1.165) is 0 Å². The van der Waals surface area contributed by atoms with Crippen LogP contribution >= 0.6 is 11.6 Å². The summed E-state index contributed by atoms with van der Waals surface area (Å²) in [5.74, 6) is -0.240. The molecule has 9 nitrogen and oxygen atoms in total. The Morgan fingerprint density at radius 3 is 2.34 bits per heavy atom. The Hall–Kier alpha value is -2.43. The van der Waals surface area contributed by atoms with Gasteiger partial charge in [0.05, 0.1) is 22.3 Å². The van der Waals surface area contributed by atoms with Crippen LogP contribution in [0.25, 0.3) is 0 Å². The predicted molar refractivity (Wildman–Crippen MR) is 105 cm³/mol. The topological polar surface area (TPSA) is 134 Å². The number of ether oxygens (including phenoxy) is 2. The zero-order chi connectivity index (χ0) is 20.9. The van der Waals surface area contributed by atoms with Gasteiger partial charge in [0.25, 0.3) is 5.91 Å². The lowest BCUT2D eigenvalue weighted by Crippen LogP contribution is -2.39. The molecule has 1 saturated carbocycles. The summed E-state index contributed by atoms with van der Waals surface area (Å²) in [4.78, 5) is 18.9. The average molecular weight is 441 g/mol. The Morgan fingerprint density at radius 1 is 1.14 bits per heavy atom. The fraction of sp³-hybridized carbons (Fsp3) is 0.389. The predicted octanol–water partition coefficient (Wildman–Crippen LogP) is 1.66. The van der Waals surface area contributed by atoms with E-state index < -0.39 is 15.9 Å². The van der Waals surface area contributed by atoms with Crippen LogP contribution in [0.15, 0.2) is 41.6 Å². The Bertz CT molecular complexity index is 930. The van der Waals surface area contributed by atoms with Crippen molar-refractivity contribution >= 4 is 27.5 Å². The summed E-state index contributed by atoms with van der Waals surface area (Å²) in [5.41, 5.74) is 5.01. The molecule has 0 bridgehead atoms. The van der Waals surface area contributed by atoms with E-state index in [2.05, 4.69) is 14.7 Å². The molecule has 0 radical (unpaired) electrons. The van der Waals surface area contributed by atoms with Crippen LogP contribution in [0.4, 0.5) is 0 Å². The highest BCUT2D eigenvalue weighted by molar-refractivity contribution is 7.89. The summed E-state index contributed by atoms with van der Waals surface area (Å²) in [6, 6.07) is 5.88. The Balaban J connectivity index is 1.51. The molecule has 0 spiro atoms. The molecule has 3 N–H and O–H groups in total. The van der Waals surface area contributed by atoms with Crippen molar-refractivity contribution in [1.29, 1.82) is 0 Å². The van der Waals surface area contributed by atoms with Gasteiger partial charge in [-0.15, -0.1) is 0 Å². The first kappa shape index (κ1) is 21.3. The van der Waals surface area contributed by atoms with Gasteiger partial charge in [0.15, 0.2) is 6.61 Å². The van der Waals surface area contributed by atoms with E-state index in [1.807, 2.05) is 0 Å². The normalized spacial score (nSPS) is 19.5. The summed E-state index contributed by atoms with van der Waals surface area (Å²) < 4.78 is 38.8. The number of rotatable bonds is 8. The zero-order valence-electron chi connectivity index (χ0n) is 15.5. The Labute approximate surface area is 173 Å². The van der Waals surface area contributed by atoms with Crippen LogP contribution in [0.5, 0.6) is 11.8 Å². The van der Waals surface area contributed by atoms with E-state index >= 15 is 0 Å². The van der Waals surface area contributed by atoms with Gasteiger partial charge in [0, 0.05) is 6.04 Å². The molecule has 0 aliphatic heterocycles. The number of hydrogen-bond donors (Lipinski definition) is 2. The first-order valence-electron chi connectivity index (χ1n) is 8.99. The molecule has 1 aromatic heterocycles. The van der Waals surface area contributed by atoms with Crippen molar-refractivity contribution in [1.82, 2.24) is 14.7 Å². The molecule has 1 amide bonds. The second-order valence-corrected chi connectivity index (χ2v) is 8.77. The van der Waals surface area contributed by atoms with Gasteiger partial charge in [-0.2, -0.15) is 0 Å². The lowest BCUT2D eigenvalue weighted by atomic mass is 9.94. The van der Waals surface area contributed by atoms with Crippen LogP contribution < -0.4 is 19.9 Å². The highest BCUT2D eigenvalue weighted by atomic mass is 35.5. The first-order valence-corrected chi connectivity index (χ1v) is 10.9. The van der Waals surface area contributed by atoms with Gasteiger partial charge in [-0.3, -0.25) is 4.79 Å². The second-order valence-electron chi connectivity index (χ2n) is 6.62. The van der Waals surface area contributed by atoms with Gasteiger partial charge in [-0.05, 0) is 49.9 Å². The summed E-state index contributed by atoms with van der Waals surface area (Å²) in [5, 5.41) is 0.433. The molecule has 1 fully saturated rings. The maximum absolute atomic E-state index is 12.6. The fourth-order valence-corrected chi connectivity index (χ4v) is 4.37. The molecule has 1 heterocycles. The van der Waals surface area contributed by atoms with Crippen LogP contribution in [0.3, 0.4) is 0 Å². The molecule has 3 rings (SSSR count). The summed E-state index contributed by atoms with van der Waals surface area (Å²) >= 11 is 5.75. The maximum atomic E-state index is 12.6. The van der Waals surface area contributed by atoms with Crippen LogP contribution in [0.1, 0.15) is 25.7 Å². The van der Waals surface area contributed by atoms with E-state index in [9.17, 15) is 13.2 Å². The van der Waals surface area contributed by atoms with Crippen molar-refractivity contribution in [3.05, 3.63) is 41.7 Å². The molecule has 11 heteroatoms. The van der Waals surface area contributed by atoms with Crippen molar-refractivity contribution in [2.24, 2.45) is 5.73 Å². The third kappa shape index (κ3) is 6.28. The van der Waals surface area contributed by atoms with Gasteiger partial charge in [-0.25, -0.2) is 23.1 Å². The minimum atomic E-state index is -3.67. The lowest BCUT2D eigenvalue weighted by Gasteiger charge is -2.28. The number of carbonyl (C=O) groups is 1. The smallest absolute Gasteiger partial charge is 0.316 e. The van der Waals surface area contributed by atoms with Crippen LogP contribution in [-0.4, -0.2) is 43.0 Å². The minimum Gasteiger partial charge on any atom is -0.484 e. The van der Waals surface area contributed by atoms with Gasteiger partial charge in [0.1, 0.15) is 11.9 Å². The van der Waals surface area contributed by atoms with Crippen molar-refractivity contribution in [3.8, 4) is 11.8 Å². The van der Waals surface area contributed by atoms with E-state index in [1.165, 1.54) is 36.7 Å². The van der Waals surface area contributed by atoms with E-state index in [0.29, 0.717) is 36.5 Å². The molecule has 156 valence electrons. The highest BCUT2D eigenvalue weighted by Crippen LogP contribution is 2.24. The molecule has 2 aromatic rings. The number of primary amides is 1. The number of hydrogen-bond acceptors (Lipinski definition) is 7. The quantitative estimate of drug-likeness (QED) is 0.637. The largest absolute Gasteiger partial charge is 0.484 e. The molecule has 1 aromatic carbocycles. The van der Waals surface area contributed by atoms with E-state index in [4.69, 9.17) is 26.8 Å². The van der Waals surface area contributed by atoms with Crippen LogP contribution in [0.2, 0.25) is 5.02 Å². The lowest BCUT2D eigenvalue weighted by molar-refractivity contribution is -0.119. The monoisotopic (exact) mass is 440 g/mol. The number of nitrogens with one attached hydrogen (secondary N) is 1. The number of benzene rings is 1. The maximum Gasteiger partial charge on any atom is 0.316 e. The Morgan fingerprint density at radius 2 is 1.76 bits per heavy atom. The van der Waals surface area contributed by atoms with Crippen molar-refractivity contribution in [3.63, 3.8) is 0 Å². The average Bonchev–Trinajstić information content (AvgIpc) is 2.70. The SMILES string of the molecule is NC(=O)COc1ccc(S(=O)(=O)NC2CCC(Oc3ncc(Cl)cn3)CC2)cc1. The molecule has 29 heavy (non-hydrogen) atoms. The first-order chi connectivity index (χ1) is 13.8. The molecule has 1 aliphatic carbocycles. The zero-order valence-corrected chi connectivity index (χ0v) is 17.0. The molecule has 0 saturated heterocycles. The fourth-order valence-electron chi connectivity index (χ4n) is 2.97. The van der Waals surface area contributed by atoms with Gasteiger partial charge >= 0.3 is 6.01 Å². The standard InChI is InChI=1S/C18H21ClN4O5S/c19-12-9-21-18(22-10-12)28-15-3-1-13(2-4-15)23-29(25,26)16-7-5-14(6-8-16)27-11-17(20)24/h5-10,13,15,23H,1-4,11H2,(H2,20,24). The number of nitrogens with zero attached hydrogens (tertiary/aromatic N) is 2. The van der Waals surface area contributed by atoms with Crippen LogP contribution in [0, 0.1) is 0 Å². The molecule has 0 unspecified atom stereocenters. The molecule has 0 atom stereocenters. The molecular formula is C18H21ClN4O5S. The van der Waals surface area contributed by atoms with Gasteiger partial charge in [0.2, 0.25) is 10.0 Å². The van der Waals surface area contributed by atoms with Crippen molar-refractivity contribution in [2.45, 2.75) is 42.7 Å². The van der Waals surface area contributed by atoms with E-state index in [1.54, 1.807) is 0 Å². The number of nitrogens with two attached hydrogens (primary N) is 1. The van der Waals surface area contributed by atoms with Gasteiger partial charge < -0.3 is 15.2 Å². The van der Waals surface area contributed by atoms with Crippen molar-refractivity contribution in [2.75, 3.05) is 6.61 Å². The minimum absolute atomic E-state index is 0.0707. The number of amides is 1. The number of carbonyl (C=O) groups excluding carboxylic acids is 1. The summed E-state index contributed by atoms with van der Waals surface area (Å²) in [7, 11) is -3.67. The number of halogens is 1. The summed E-state index contributed by atoms with van der Waals surface area (Å²) in [6.07, 6.45) is 5.49. The second kappa shape index (κ2) is 9.38. The Kier molecular flexibility index (Phi) is 6.88. The molecule has 1 aliphatic rings. The third-order valence-corrected chi connectivity index (χ3v) is 6.11. The number of sulfonamides is 1. The van der Waals surface area contributed by atoms with Crippen molar-refractivity contribution < 1.29 is 22.7 Å². The third-order valence-electron chi connectivity index (χ3n) is 4.38. The van der Waals surface area contributed by atoms with Crippen LogP contribution in [-0.2, 0) is 14.8 Å².